The van der Waals surface area contributed by atoms with Gasteiger partial charge >= 0.3 is 0 Å². The van der Waals surface area contributed by atoms with Crippen molar-refractivity contribution in [1.82, 2.24) is 0 Å². The second kappa shape index (κ2) is 9.02. The molecule has 0 radical (unpaired) electrons. The van der Waals surface area contributed by atoms with Crippen LogP contribution in [0.25, 0.3) is 0 Å². The quantitative estimate of drug-likeness (QED) is 0.680. The van der Waals surface area contributed by atoms with Crippen molar-refractivity contribution in [2.45, 2.75) is 46.0 Å². The minimum absolute atomic E-state index is 1.05. The summed E-state index contributed by atoms with van der Waals surface area (Å²) in [6.45, 7) is 13.6. The molecule has 1 aliphatic rings. The highest BCUT2D eigenvalue weighted by Gasteiger charge is 2.20. The summed E-state index contributed by atoms with van der Waals surface area (Å²) in [5.74, 6) is 1.05. The average Bonchev–Trinajstić information content (AvgIpc) is 2.29. The van der Waals surface area contributed by atoms with Gasteiger partial charge in [0.2, 0.25) is 0 Å². The number of nitrogens with zero attached hydrogens (tertiary/aromatic N) is 1. The van der Waals surface area contributed by atoms with Crippen LogP contribution in [0.1, 0.15) is 46.0 Å². The van der Waals surface area contributed by atoms with E-state index in [0.717, 1.165) is 5.92 Å². The third kappa shape index (κ3) is 5.24. The molecule has 2 nitrogen and oxygen atoms in total. The monoisotopic (exact) mass is 196 g/mol. The first-order valence-electron chi connectivity index (χ1n) is 5.92. The maximum absolute atomic E-state index is 6.25. The van der Waals surface area contributed by atoms with Crippen LogP contribution in [0.3, 0.4) is 0 Å². The fraction of sp³-hybridized carbons (Fsp3) is 0.917. The van der Waals surface area contributed by atoms with Crippen LogP contribution in [0.15, 0.2) is 0 Å². The molecule has 0 amide bonds. The summed E-state index contributed by atoms with van der Waals surface area (Å²) in [5.41, 5.74) is 0. The number of quaternary nitrogens is 1. The van der Waals surface area contributed by atoms with E-state index < -0.39 is 0 Å². The zero-order valence-corrected chi connectivity index (χ0v) is 9.68. The molecule has 1 heterocycles. The zero-order valence-electron chi connectivity index (χ0n) is 9.68. The molecule has 1 saturated heterocycles. The summed E-state index contributed by atoms with van der Waals surface area (Å²) < 4.78 is 0. The molecular formula is C12H24N2. The van der Waals surface area contributed by atoms with E-state index in [1.807, 2.05) is 4.90 Å². The summed E-state index contributed by atoms with van der Waals surface area (Å²) in [6, 6.07) is 0. The van der Waals surface area contributed by atoms with Gasteiger partial charge in [0.05, 0.1) is 19.6 Å². The Morgan fingerprint density at radius 3 is 2.64 bits per heavy atom. The van der Waals surface area contributed by atoms with Gasteiger partial charge in [0.15, 0.2) is 0 Å². The fourth-order valence-electron chi connectivity index (χ4n) is 2.31. The van der Waals surface area contributed by atoms with Gasteiger partial charge in [-0.25, -0.2) is 0 Å². The Morgan fingerprint density at radius 1 is 1.36 bits per heavy atom. The molecule has 2 atom stereocenters. The van der Waals surface area contributed by atoms with Crippen LogP contribution in [0, 0.1) is 17.8 Å². The number of nitrogens with one attached hydrogen (secondary N) is 1. The van der Waals surface area contributed by atoms with E-state index in [9.17, 15) is 0 Å². The maximum atomic E-state index is 6.25. The van der Waals surface area contributed by atoms with Crippen molar-refractivity contribution in [3.63, 3.8) is 0 Å². The average molecular weight is 196 g/mol. The summed E-state index contributed by atoms with van der Waals surface area (Å²) in [5, 5.41) is 6.25. The van der Waals surface area contributed by atoms with E-state index in [4.69, 9.17) is 11.8 Å². The molecule has 0 spiro atoms. The highest BCUT2D eigenvalue weighted by atomic mass is 15.1. The topological polar surface area (TPSA) is 28.2 Å². The molecule has 1 fully saturated rings. The molecule has 82 valence electrons. The van der Waals surface area contributed by atoms with Gasteiger partial charge in [-0.15, -0.1) is 0 Å². The second-order valence-electron chi connectivity index (χ2n) is 4.21. The Kier molecular flexibility index (Phi) is 8.67. The lowest BCUT2D eigenvalue weighted by molar-refractivity contribution is -0.907. The SMILES string of the molecule is CCCCC1CCC[NH+](CC)C1.[C-]#N. The van der Waals surface area contributed by atoms with E-state index in [0.29, 0.717) is 0 Å². The van der Waals surface area contributed by atoms with Gasteiger partial charge in [0.1, 0.15) is 0 Å². The Balaban J connectivity index is 0.000000791. The lowest BCUT2D eigenvalue weighted by Crippen LogP contribution is -3.13. The predicted octanol–water partition coefficient (Wildman–Crippen LogP) is 1.59. The summed E-state index contributed by atoms with van der Waals surface area (Å²) in [7, 11) is 0. The molecular weight excluding hydrogens is 172 g/mol. The summed E-state index contributed by atoms with van der Waals surface area (Å²) >= 11 is 0. The van der Waals surface area contributed by atoms with Crippen molar-refractivity contribution in [2.75, 3.05) is 19.6 Å². The van der Waals surface area contributed by atoms with Crippen LogP contribution in [-0.2, 0) is 0 Å². The van der Waals surface area contributed by atoms with Crippen molar-refractivity contribution in [3.8, 4) is 0 Å². The maximum Gasteiger partial charge on any atom is 0.0799 e. The van der Waals surface area contributed by atoms with E-state index in [1.165, 1.54) is 51.7 Å². The second-order valence-corrected chi connectivity index (χ2v) is 4.21. The van der Waals surface area contributed by atoms with Gasteiger partial charge in [-0.05, 0) is 26.2 Å². The molecule has 0 aromatic carbocycles. The number of hydrogen-bond acceptors (Lipinski definition) is 1. The van der Waals surface area contributed by atoms with Gasteiger partial charge in [0.25, 0.3) is 0 Å². The molecule has 0 saturated carbocycles. The van der Waals surface area contributed by atoms with Crippen LogP contribution in [0.4, 0.5) is 0 Å². The van der Waals surface area contributed by atoms with Crippen LogP contribution < -0.4 is 4.90 Å². The molecule has 2 unspecified atom stereocenters. The summed E-state index contributed by atoms with van der Waals surface area (Å²) in [6.07, 6.45) is 7.28. The first-order valence-corrected chi connectivity index (χ1v) is 5.92. The van der Waals surface area contributed by atoms with Gasteiger partial charge in [-0.3, -0.25) is 0 Å². The highest BCUT2D eigenvalue weighted by molar-refractivity contribution is 4.61. The van der Waals surface area contributed by atoms with Crippen LogP contribution in [0.5, 0.6) is 0 Å². The number of hydrogen-bond donors (Lipinski definition) is 1. The fourth-order valence-corrected chi connectivity index (χ4v) is 2.31. The molecule has 1 aliphatic heterocycles. The number of piperidine rings is 1. The third-order valence-electron chi connectivity index (χ3n) is 3.19. The Bertz CT molecular complexity index is 143. The van der Waals surface area contributed by atoms with Crippen molar-refractivity contribution < 1.29 is 4.90 Å². The standard InChI is InChI=1S/C11H23N.CN/c1-3-5-7-11-8-6-9-12(4-2)10-11;1-2/h11H,3-10H2,1-2H3;/q;-1/p+1. The van der Waals surface area contributed by atoms with E-state index in [1.54, 1.807) is 0 Å². The summed E-state index contributed by atoms with van der Waals surface area (Å²) in [4.78, 5) is 1.84. The van der Waals surface area contributed by atoms with E-state index >= 15 is 0 Å². The van der Waals surface area contributed by atoms with Gasteiger partial charge < -0.3 is 16.7 Å². The Hall–Kier alpha value is -0.550. The lowest BCUT2D eigenvalue weighted by atomic mass is 9.93. The number of likely N-dealkylation sites (tertiary alicyclic amines) is 1. The van der Waals surface area contributed by atoms with Crippen molar-refractivity contribution in [3.05, 3.63) is 6.57 Å². The van der Waals surface area contributed by atoms with Gasteiger partial charge in [0, 0.05) is 5.92 Å². The normalized spacial score (nSPS) is 26.3. The molecule has 1 N–H and O–H groups in total. The van der Waals surface area contributed by atoms with Gasteiger partial charge in [-0.1, -0.05) is 19.8 Å². The van der Waals surface area contributed by atoms with E-state index in [2.05, 4.69) is 13.8 Å². The van der Waals surface area contributed by atoms with Crippen LogP contribution >= 0.6 is 0 Å². The van der Waals surface area contributed by atoms with Crippen molar-refractivity contribution in [1.29, 1.82) is 5.26 Å². The minimum Gasteiger partial charge on any atom is -0.512 e. The Labute approximate surface area is 88.9 Å². The number of rotatable bonds is 4. The smallest absolute Gasteiger partial charge is 0.0799 e. The van der Waals surface area contributed by atoms with Crippen molar-refractivity contribution >= 4 is 0 Å². The molecule has 0 aliphatic carbocycles. The van der Waals surface area contributed by atoms with Crippen LogP contribution in [-0.4, -0.2) is 19.6 Å². The predicted molar refractivity (Wildman–Crippen MR) is 58.5 cm³/mol. The first kappa shape index (κ1) is 13.4. The molecule has 1 rings (SSSR count). The molecule has 2 heteroatoms. The first-order chi connectivity index (χ1) is 6.86. The molecule has 0 bridgehead atoms. The third-order valence-corrected chi connectivity index (χ3v) is 3.19. The largest absolute Gasteiger partial charge is 0.512 e. The number of unbranched alkanes of at least 4 members (excludes halogenated alkanes) is 1. The minimum atomic E-state index is 1.05. The van der Waals surface area contributed by atoms with E-state index in [-0.39, 0.29) is 0 Å². The lowest BCUT2D eigenvalue weighted by Gasteiger charge is -2.28. The van der Waals surface area contributed by atoms with Crippen molar-refractivity contribution in [2.24, 2.45) is 5.92 Å². The highest BCUT2D eigenvalue weighted by Crippen LogP contribution is 2.14. The van der Waals surface area contributed by atoms with Crippen LogP contribution in [0.2, 0.25) is 0 Å². The zero-order chi connectivity index (χ0) is 10.8. The van der Waals surface area contributed by atoms with Gasteiger partial charge in [-0.2, -0.15) is 0 Å². The molecule has 14 heavy (non-hydrogen) atoms. The molecule has 0 aromatic heterocycles. The molecule has 0 aromatic rings. The Morgan fingerprint density at radius 2 is 2.07 bits per heavy atom.